The van der Waals surface area contributed by atoms with Crippen LogP contribution in [-0.4, -0.2) is 23.9 Å². The molecule has 0 heterocycles. The normalized spacial score (nSPS) is 12.0. The summed E-state index contributed by atoms with van der Waals surface area (Å²) in [7, 11) is 1.49. The van der Waals surface area contributed by atoms with Crippen molar-refractivity contribution in [3.8, 4) is 11.5 Å². The summed E-state index contributed by atoms with van der Waals surface area (Å²) >= 11 is 6.12. The van der Waals surface area contributed by atoms with E-state index in [2.05, 4.69) is 0 Å². The fourth-order valence-electron chi connectivity index (χ4n) is 1.94. The molecule has 21 heavy (non-hydrogen) atoms. The molecule has 0 fully saturated rings. The molecule has 2 N–H and O–H groups in total. The lowest BCUT2D eigenvalue weighted by atomic mass is 10.1. The largest absolute Gasteiger partial charge is 0.493 e. The van der Waals surface area contributed by atoms with Crippen LogP contribution in [0.3, 0.4) is 0 Å². The Morgan fingerprint density at radius 2 is 1.90 bits per heavy atom. The van der Waals surface area contributed by atoms with E-state index >= 15 is 0 Å². The third-order valence-corrected chi connectivity index (χ3v) is 3.32. The highest BCUT2D eigenvalue weighted by Crippen LogP contribution is 2.37. The number of methoxy groups -OCH3 is 1. The highest BCUT2D eigenvalue weighted by atomic mass is 35.5. The minimum Gasteiger partial charge on any atom is -0.493 e. The first-order valence-electron chi connectivity index (χ1n) is 6.48. The van der Waals surface area contributed by atoms with E-state index in [-0.39, 0.29) is 13.2 Å². The van der Waals surface area contributed by atoms with E-state index < -0.39 is 6.10 Å². The molecule has 112 valence electrons. The van der Waals surface area contributed by atoms with Crippen LogP contribution >= 0.6 is 11.6 Å². The molecule has 0 spiro atoms. The van der Waals surface area contributed by atoms with Crippen molar-refractivity contribution < 1.29 is 19.7 Å². The number of rotatable bonds is 6. The molecule has 2 rings (SSSR count). The first-order valence-corrected chi connectivity index (χ1v) is 6.86. The average molecular weight is 309 g/mol. The zero-order valence-electron chi connectivity index (χ0n) is 11.6. The van der Waals surface area contributed by atoms with Crippen LogP contribution in [0.15, 0.2) is 42.5 Å². The van der Waals surface area contributed by atoms with E-state index in [1.54, 1.807) is 12.1 Å². The van der Waals surface area contributed by atoms with Crippen LogP contribution in [0.1, 0.15) is 17.2 Å². The van der Waals surface area contributed by atoms with Gasteiger partial charge < -0.3 is 19.7 Å². The molecular weight excluding hydrogens is 292 g/mol. The summed E-state index contributed by atoms with van der Waals surface area (Å²) < 4.78 is 10.8. The minimum atomic E-state index is -0.760. The molecule has 0 aliphatic carbocycles. The van der Waals surface area contributed by atoms with Gasteiger partial charge in [-0.15, -0.1) is 0 Å². The summed E-state index contributed by atoms with van der Waals surface area (Å²) in [5.41, 5.74) is 1.40. The molecule has 0 aliphatic heterocycles. The molecule has 2 aromatic carbocycles. The van der Waals surface area contributed by atoms with Gasteiger partial charge in [0.2, 0.25) is 0 Å². The molecule has 0 saturated heterocycles. The molecule has 5 heteroatoms. The van der Waals surface area contributed by atoms with Crippen LogP contribution in [0, 0.1) is 0 Å². The first kappa shape index (κ1) is 15.6. The SMILES string of the molecule is COc1cc(CO)cc(Cl)c1OCC(O)c1ccccc1. The van der Waals surface area contributed by atoms with Gasteiger partial charge in [0, 0.05) is 0 Å². The summed E-state index contributed by atoms with van der Waals surface area (Å²) in [4.78, 5) is 0. The second-order valence-corrected chi connectivity index (χ2v) is 4.91. The standard InChI is InChI=1S/C16H17ClO4/c1-20-15-8-11(9-18)7-13(17)16(15)21-10-14(19)12-5-3-2-4-6-12/h2-8,14,18-19H,9-10H2,1H3. The molecule has 0 saturated carbocycles. The third-order valence-electron chi connectivity index (χ3n) is 3.04. The summed E-state index contributed by atoms with van der Waals surface area (Å²) in [5, 5.41) is 19.6. The lowest BCUT2D eigenvalue weighted by Gasteiger charge is -2.16. The Kier molecular flexibility index (Phi) is 5.44. The number of benzene rings is 2. The van der Waals surface area contributed by atoms with Crippen molar-refractivity contribution in [1.29, 1.82) is 0 Å². The summed E-state index contributed by atoms with van der Waals surface area (Å²) in [6.07, 6.45) is -0.760. The van der Waals surface area contributed by atoms with E-state index in [1.807, 2.05) is 30.3 Å². The number of hydrogen-bond acceptors (Lipinski definition) is 4. The van der Waals surface area contributed by atoms with Crippen molar-refractivity contribution in [2.75, 3.05) is 13.7 Å². The maximum atomic E-state index is 10.1. The van der Waals surface area contributed by atoms with Crippen LogP contribution in [0.25, 0.3) is 0 Å². The number of hydrogen-bond donors (Lipinski definition) is 2. The molecule has 0 aromatic heterocycles. The fourth-order valence-corrected chi connectivity index (χ4v) is 2.23. The summed E-state index contributed by atoms with van der Waals surface area (Å²) in [6.45, 7) is -0.0818. The topological polar surface area (TPSA) is 58.9 Å². The molecule has 0 radical (unpaired) electrons. The molecule has 1 unspecified atom stereocenters. The van der Waals surface area contributed by atoms with Gasteiger partial charge in [0.1, 0.15) is 12.7 Å². The van der Waals surface area contributed by atoms with E-state index in [9.17, 15) is 5.11 Å². The second kappa shape index (κ2) is 7.31. The Labute approximate surface area is 128 Å². The van der Waals surface area contributed by atoms with Crippen LogP contribution in [-0.2, 0) is 6.61 Å². The fraction of sp³-hybridized carbons (Fsp3) is 0.250. The predicted octanol–water partition coefficient (Wildman–Crippen LogP) is 2.95. The molecule has 0 aliphatic rings. The molecule has 1 atom stereocenters. The Hall–Kier alpha value is -1.75. The van der Waals surface area contributed by atoms with Crippen molar-refractivity contribution in [1.82, 2.24) is 0 Å². The predicted molar refractivity (Wildman–Crippen MR) is 80.8 cm³/mol. The van der Waals surface area contributed by atoms with E-state index in [0.717, 1.165) is 5.56 Å². The van der Waals surface area contributed by atoms with Gasteiger partial charge in [0.05, 0.1) is 18.7 Å². The Bertz CT molecular complexity index is 586. The van der Waals surface area contributed by atoms with Crippen molar-refractivity contribution in [3.05, 3.63) is 58.6 Å². The molecule has 2 aromatic rings. The third kappa shape index (κ3) is 3.88. The molecule has 0 bridgehead atoms. The van der Waals surface area contributed by atoms with E-state index in [1.165, 1.54) is 7.11 Å². The lowest BCUT2D eigenvalue weighted by Crippen LogP contribution is -2.10. The van der Waals surface area contributed by atoms with Crippen molar-refractivity contribution >= 4 is 11.6 Å². The maximum absolute atomic E-state index is 10.1. The number of aliphatic hydroxyl groups is 2. The number of aliphatic hydroxyl groups excluding tert-OH is 2. The molecule has 0 amide bonds. The van der Waals surface area contributed by atoms with Gasteiger partial charge in [0.25, 0.3) is 0 Å². The quantitative estimate of drug-likeness (QED) is 0.861. The monoisotopic (exact) mass is 308 g/mol. The van der Waals surface area contributed by atoms with Gasteiger partial charge >= 0.3 is 0 Å². The van der Waals surface area contributed by atoms with Crippen LogP contribution in [0.5, 0.6) is 11.5 Å². The first-order chi connectivity index (χ1) is 10.2. The summed E-state index contributed by atoms with van der Waals surface area (Å²) in [5.74, 6) is 0.776. The minimum absolute atomic E-state index is 0.0541. The Balaban J connectivity index is 2.13. The van der Waals surface area contributed by atoms with Gasteiger partial charge in [-0.05, 0) is 23.3 Å². The zero-order chi connectivity index (χ0) is 15.2. The zero-order valence-corrected chi connectivity index (χ0v) is 12.4. The average Bonchev–Trinajstić information content (AvgIpc) is 2.53. The van der Waals surface area contributed by atoms with Crippen LogP contribution < -0.4 is 9.47 Å². The van der Waals surface area contributed by atoms with Gasteiger partial charge in [-0.3, -0.25) is 0 Å². The van der Waals surface area contributed by atoms with Gasteiger partial charge in [-0.2, -0.15) is 0 Å². The van der Waals surface area contributed by atoms with Gasteiger partial charge in [-0.1, -0.05) is 41.9 Å². The van der Waals surface area contributed by atoms with Crippen molar-refractivity contribution in [2.45, 2.75) is 12.7 Å². The second-order valence-electron chi connectivity index (χ2n) is 4.50. The number of ether oxygens (including phenoxy) is 2. The number of halogens is 1. The van der Waals surface area contributed by atoms with E-state index in [4.69, 9.17) is 26.2 Å². The molecular formula is C16H17ClO4. The lowest BCUT2D eigenvalue weighted by molar-refractivity contribution is 0.106. The van der Waals surface area contributed by atoms with E-state index in [0.29, 0.717) is 22.1 Å². The van der Waals surface area contributed by atoms with Crippen molar-refractivity contribution in [3.63, 3.8) is 0 Å². The smallest absolute Gasteiger partial charge is 0.179 e. The molecule has 4 nitrogen and oxygen atoms in total. The van der Waals surface area contributed by atoms with Crippen LogP contribution in [0.2, 0.25) is 5.02 Å². The van der Waals surface area contributed by atoms with Gasteiger partial charge in [-0.25, -0.2) is 0 Å². The maximum Gasteiger partial charge on any atom is 0.179 e. The Morgan fingerprint density at radius 3 is 2.52 bits per heavy atom. The van der Waals surface area contributed by atoms with Crippen molar-refractivity contribution in [2.24, 2.45) is 0 Å². The highest BCUT2D eigenvalue weighted by molar-refractivity contribution is 6.32. The van der Waals surface area contributed by atoms with Crippen LogP contribution in [0.4, 0.5) is 0 Å². The summed E-state index contributed by atoms with van der Waals surface area (Å²) in [6, 6.07) is 12.5. The highest BCUT2D eigenvalue weighted by Gasteiger charge is 2.14. The Morgan fingerprint density at radius 1 is 1.19 bits per heavy atom. The van der Waals surface area contributed by atoms with Gasteiger partial charge in [0.15, 0.2) is 11.5 Å².